The van der Waals surface area contributed by atoms with E-state index in [0.717, 1.165) is 0 Å². The van der Waals surface area contributed by atoms with Crippen molar-refractivity contribution in [3.05, 3.63) is 329 Å². The minimum Gasteiger partial charge on any atom is -1.00 e. The normalized spacial score (nSPS) is 13.5. The Labute approximate surface area is 581 Å². The zero-order valence-corrected chi connectivity index (χ0v) is 58.9. The summed E-state index contributed by atoms with van der Waals surface area (Å²) in [6, 6.07) is 103. The Hall–Kier alpha value is -8.08. The standard InChI is InChI=1S/C87H75Si.3ClH.Ti/c1-57-56-87(10,65(9)58(57)2)88(84-78(69-44-26-14-27-45-69)62(6)59(3)75(66-38-20-11-21-39-66)81(84)72-50-32-17-33-51-72,85-79(70-46-28-15-29-47-70)63(7)60(4)76(67-40-22-12-23-41-67)82(85)73-52-34-18-35-53-73)86-80(71-48-30-16-31-49-71)64(8)61(5)77(68-42-24-13-25-43-68)83(86)74-54-36-19-37-55-74;;;;/h11-55H,1-10H3;3*1H;/q-1;;;;+4/p-3. The molecule has 0 saturated heterocycles. The topological polar surface area (TPSA) is 0 Å². The van der Waals surface area contributed by atoms with Crippen LogP contribution in [0.15, 0.2) is 290 Å². The number of hydrogen-bond acceptors (Lipinski definition) is 0. The van der Waals surface area contributed by atoms with Gasteiger partial charge in [-0.3, -0.25) is 6.08 Å². The van der Waals surface area contributed by atoms with Crippen LogP contribution >= 0.6 is 0 Å². The fourth-order valence-electron chi connectivity index (χ4n) is 15.3. The van der Waals surface area contributed by atoms with E-state index in [-0.39, 0.29) is 58.9 Å². The van der Waals surface area contributed by atoms with Crippen LogP contribution in [-0.4, -0.2) is 8.07 Å². The van der Waals surface area contributed by atoms with Crippen LogP contribution in [0.1, 0.15) is 61.1 Å². The molecule has 1 aliphatic rings. The van der Waals surface area contributed by atoms with Gasteiger partial charge in [0.1, 0.15) is 8.07 Å². The summed E-state index contributed by atoms with van der Waals surface area (Å²) in [4.78, 5) is 0. The molecular weight excluding hydrogens is 1230 g/mol. The maximum Gasteiger partial charge on any atom is 4.00 e. The van der Waals surface area contributed by atoms with Gasteiger partial charge in [0.15, 0.2) is 0 Å². The third kappa shape index (κ3) is 11.3. The van der Waals surface area contributed by atoms with E-state index in [1.165, 1.54) is 166 Å². The maximum atomic E-state index is 4.72. The van der Waals surface area contributed by atoms with Gasteiger partial charge in [-0.05, 0) is 191 Å². The summed E-state index contributed by atoms with van der Waals surface area (Å²) in [6.45, 7) is 24.4. The number of rotatable bonds is 13. The molecule has 0 saturated carbocycles. The Morgan fingerprint density at radius 1 is 0.239 bits per heavy atom. The number of halogens is 3. The van der Waals surface area contributed by atoms with Gasteiger partial charge in [-0.1, -0.05) is 299 Å². The molecule has 0 aromatic heterocycles. The Morgan fingerprint density at radius 2 is 0.402 bits per heavy atom. The molecule has 92 heavy (non-hydrogen) atoms. The van der Waals surface area contributed by atoms with Gasteiger partial charge < -0.3 is 37.2 Å². The average molecular weight is 1300 g/mol. The third-order valence-corrected chi connectivity index (χ3v) is 25.7. The molecular formula is C87H75Cl3SiTi. The van der Waals surface area contributed by atoms with Crippen LogP contribution in [0.25, 0.3) is 100 Å². The van der Waals surface area contributed by atoms with E-state index in [2.05, 4.69) is 342 Å². The third-order valence-electron chi connectivity index (χ3n) is 19.9. The summed E-state index contributed by atoms with van der Waals surface area (Å²) in [5, 5.41) is 3.26. The molecule has 0 bridgehead atoms. The number of benzene rings is 12. The monoisotopic (exact) mass is 1300 g/mol. The van der Waals surface area contributed by atoms with Gasteiger partial charge in [0, 0.05) is 0 Å². The Balaban J connectivity index is 0.00000250. The van der Waals surface area contributed by atoms with Gasteiger partial charge in [0.05, 0.1) is 0 Å². The molecule has 0 amide bonds. The van der Waals surface area contributed by atoms with E-state index in [1.54, 1.807) is 0 Å². The molecule has 12 aromatic carbocycles. The first-order valence-electron chi connectivity index (χ1n) is 31.2. The van der Waals surface area contributed by atoms with Crippen molar-refractivity contribution in [2.24, 2.45) is 0 Å². The molecule has 0 heterocycles. The molecule has 0 radical (unpaired) electrons. The molecule has 13 rings (SSSR count). The van der Waals surface area contributed by atoms with E-state index < -0.39 is 13.1 Å². The fourth-order valence-corrected chi connectivity index (χ4v) is 22.7. The SMILES string of the molecule is CC1=[C-]C(C)([Si](c2c(-c3ccccc3)c(C)c(C)c(-c3ccccc3)c2-c2ccccc2)(c2c(-c3ccccc3)c(C)c(C)c(-c3ccccc3)c2-c2ccccc2)c2c(-c3ccccc3)c(C)c(C)c(-c3ccccc3)c2-c2ccccc2)C(C)=C1C.[Cl-].[Cl-].[Cl-].[Ti+4]. The van der Waals surface area contributed by atoms with Gasteiger partial charge in [-0.15, -0.1) is 6.92 Å². The van der Waals surface area contributed by atoms with Crippen molar-refractivity contribution in [1.29, 1.82) is 0 Å². The average Bonchev–Trinajstić information content (AvgIpc) is 0.979. The van der Waals surface area contributed by atoms with Gasteiger partial charge in [-0.25, -0.2) is 5.57 Å². The molecule has 0 nitrogen and oxygen atoms in total. The van der Waals surface area contributed by atoms with Crippen LogP contribution in [0.2, 0.25) is 5.04 Å². The van der Waals surface area contributed by atoms with Crippen LogP contribution in [0, 0.1) is 47.6 Å². The smallest absolute Gasteiger partial charge is 1.00 e. The Morgan fingerprint density at radius 3 is 0.576 bits per heavy atom. The summed E-state index contributed by atoms with van der Waals surface area (Å²) in [5.74, 6) is 0. The zero-order valence-electron chi connectivity index (χ0n) is 54.1. The largest absolute Gasteiger partial charge is 4.00 e. The first-order valence-corrected chi connectivity index (χ1v) is 33.2. The molecule has 5 heteroatoms. The summed E-state index contributed by atoms with van der Waals surface area (Å²) in [7, 11) is -4.47. The van der Waals surface area contributed by atoms with Crippen molar-refractivity contribution in [2.75, 3.05) is 0 Å². The van der Waals surface area contributed by atoms with Crippen molar-refractivity contribution in [3.63, 3.8) is 0 Å². The Kier molecular flexibility index (Phi) is 21.1. The van der Waals surface area contributed by atoms with Crippen molar-refractivity contribution < 1.29 is 58.9 Å². The molecule has 1 unspecified atom stereocenters. The summed E-state index contributed by atoms with van der Waals surface area (Å²) >= 11 is 0. The first-order chi connectivity index (χ1) is 42.9. The summed E-state index contributed by atoms with van der Waals surface area (Å²) in [5.41, 5.74) is 33.4. The van der Waals surface area contributed by atoms with E-state index in [4.69, 9.17) is 6.08 Å². The first kappa shape index (κ1) is 68.3. The van der Waals surface area contributed by atoms with Crippen molar-refractivity contribution in [1.82, 2.24) is 0 Å². The molecule has 0 spiro atoms. The van der Waals surface area contributed by atoms with Crippen LogP contribution in [-0.2, 0) is 21.7 Å². The molecule has 1 atom stereocenters. The summed E-state index contributed by atoms with van der Waals surface area (Å²) < 4.78 is 0. The second kappa shape index (κ2) is 28.4. The second-order valence-corrected chi connectivity index (χ2v) is 28.4. The Bertz CT molecular complexity index is 4210. The van der Waals surface area contributed by atoms with Crippen LogP contribution < -0.4 is 52.8 Å². The molecule has 12 aromatic rings. The van der Waals surface area contributed by atoms with Gasteiger partial charge in [-0.2, -0.15) is 11.1 Å². The molecule has 0 fully saturated rings. The molecule has 0 aliphatic heterocycles. The van der Waals surface area contributed by atoms with Gasteiger partial charge in [0.2, 0.25) is 0 Å². The van der Waals surface area contributed by atoms with Crippen molar-refractivity contribution in [3.8, 4) is 100 Å². The van der Waals surface area contributed by atoms with E-state index >= 15 is 0 Å². The maximum absolute atomic E-state index is 4.72. The number of allylic oxidation sites excluding steroid dienone is 4. The number of hydrogen-bond donors (Lipinski definition) is 0. The van der Waals surface area contributed by atoms with Crippen LogP contribution in [0.4, 0.5) is 0 Å². The molecule has 452 valence electrons. The van der Waals surface area contributed by atoms with Crippen LogP contribution in [0.3, 0.4) is 0 Å². The van der Waals surface area contributed by atoms with Gasteiger partial charge >= 0.3 is 21.7 Å². The van der Waals surface area contributed by atoms with E-state index in [9.17, 15) is 0 Å². The predicted molar refractivity (Wildman–Crippen MR) is 380 cm³/mol. The minimum atomic E-state index is -4.47. The van der Waals surface area contributed by atoms with E-state index in [0.29, 0.717) is 0 Å². The fraction of sp³-hybridized carbons (Fsp3) is 0.126. The molecule has 1 aliphatic carbocycles. The quantitative estimate of drug-likeness (QED) is 0.0613. The van der Waals surface area contributed by atoms with E-state index in [1.807, 2.05) is 0 Å². The van der Waals surface area contributed by atoms with Crippen LogP contribution in [0.5, 0.6) is 0 Å². The summed E-state index contributed by atoms with van der Waals surface area (Å²) in [6.07, 6.45) is 4.72. The minimum absolute atomic E-state index is 0. The predicted octanol–water partition coefficient (Wildman–Crippen LogP) is 12.9. The van der Waals surface area contributed by atoms with Gasteiger partial charge in [0.25, 0.3) is 0 Å². The van der Waals surface area contributed by atoms with Crippen molar-refractivity contribution >= 4 is 23.6 Å². The second-order valence-electron chi connectivity index (χ2n) is 24.4. The molecule has 0 N–H and O–H groups in total. The zero-order chi connectivity index (χ0) is 60.8. The van der Waals surface area contributed by atoms with Crippen molar-refractivity contribution in [2.45, 2.75) is 74.3 Å².